The average Bonchev–Trinajstić information content (AvgIpc) is 2.69. The molecule has 4 rings (SSSR count). The Morgan fingerprint density at radius 2 is 1.70 bits per heavy atom. The second-order valence-electron chi connectivity index (χ2n) is 6.82. The molecule has 27 heavy (non-hydrogen) atoms. The van der Waals surface area contributed by atoms with Gasteiger partial charge in [-0.2, -0.15) is 0 Å². The van der Waals surface area contributed by atoms with Crippen molar-refractivity contribution in [2.45, 2.75) is 6.54 Å². The summed E-state index contributed by atoms with van der Waals surface area (Å²) in [7, 11) is 0. The highest BCUT2D eigenvalue weighted by molar-refractivity contribution is 6.30. The lowest BCUT2D eigenvalue weighted by atomic mass is 10.1. The van der Waals surface area contributed by atoms with Gasteiger partial charge in [0.25, 0.3) is 5.91 Å². The number of hydrogen-bond acceptors (Lipinski definition) is 3. The number of carbonyl (C=O) groups excluding carboxylic acids is 1. The lowest BCUT2D eigenvalue weighted by molar-refractivity contribution is 0.0628. The van der Waals surface area contributed by atoms with Crippen LogP contribution in [0.4, 0.5) is 0 Å². The molecule has 6 heteroatoms. The zero-order valence-electron chi connectivity index (χ0n) is 14.8. The fourth-order valence-corrected chi connectivity index (χ4v) is 3.55. The molecule has 138 valence electrons. The van der Waals surface area contributed by atoms with Crippen LogP contribution in [-0.2, 0) is 6.54 Å². The number of piperazine rings is 1. The number of aromatic amines is 1. The van der Waals surface area contributed by atoms with Crippen molar-refractivity contribution in [2.24, 2.45) is 0 Å². The second-order valence-corrected chi connectivity index (χ2v) is 7.26. The molecule has 0 unspecified atom stereocenters. The maximum Gasteiger partial charge on any atom is 0.253 e. The van der Waals surface area contributed by atoms with Gasteiger partial charge in [-0.3, -0.25) is 14.5 Å². The van der Waals surface area contributed by atoms with Crippen molar-refractivity contribution in [3.8, 4) is 0 Å². The normalized spacial score (nSPS) is 15.2. The maximum atomic E-state index is 12.8. The lowest BCUT2D eigenvalue weighted by Crippen LogP contribution is -2.48. The molecule has 1 aliphatic heterocycles. The third-order valence-electron chi connectivity index (χ3n) is 4.95. The number of carbonyl (C=O) groups is 1. The van der Waals surface area contributed by atoms with E-state index in [-0.39, 0.29) is 11.5 Å². The first-order valence-corrected chi connectivity index (χ1v) is 9.35. The Labute approximate surface area is 162 Å². The highest BCUT2D eigenvalue weighted by Crippen LogP contribution is 2.17. The average molecular weight is 382 g/mol. The van der Waals surface area contributed by atoms with E-state index in [2.05, 4.69) is 9.88 Å². The molecule has 5 nitrogen and oxygen atoms in total. The van der Waals surface area contributed by atoms with Gasteiger partial charge in [0.2, 0.25) is 5.56 Å². The first-order chi connectivity index (χ1) is 13.1. The molecule has 1 fully saturated rings. The SMILES string of the molecule is O=C(c1ccc2[nH]c(=O)ccc2c1)N1CCN(Cc2ccc(Cl)cc2)CC1. The molecule has 1 aliphatic rings. The van der Waals surface area contributed by atoms with E-state index in [1.54, 1.807) is 18.2 Å². The van der Waals surface area contributed by atoms with Crippen LogP contribution in [-0.4, -0.2) is 46.9 Å². The number of benzene rings is 2. The summed E-state index contributed by atoms with van der Waals surface area (Å²) in [5.41, 5.74) is 2.48. The minimum Gasteiger partial charge on any atom is -0.336 e. The Morgan fingerprint density at radius 3 is 2.44 bits per heavy atom. The molecule has 2 heterocycles. The van der Waals surface area contributed by atoms with Crippen LogP contribution in [0.5, 0.6) is 0 Å². The molecule has 1 saturated heterocycles. The van der Waals surface area contributed by atoms with Crippen molar-refractivity contribution in [1.29, 1.82) is 0 Å². The van der Waals surface area contributed by atoms with Crippen LogP contribution in [0, 0.1) is 0 Å². The minimum absolute atomic E-state index is 0.0363. The molecule has 0 saturated carbocycles. The van der Waals surface area contributed by atoms with Crippen molar-refractivity contribution in [1.82, 2.24) is 14.8 Å². The Hall–Kier alpha value is -2.63. The largest absolute Gasteiger partial charge is 0.336 e. The van der Waals surface area contributed by atoms with Gasteiger partial charge >= 0.3 is 0 Å². The van der Waals surface area contributed by atoms with Gasteiger partial charge in [0, 0.05) is 54.9 Å². The summed E-state index contributed by atoms with van der Waals surface area (Å²) in [5, 5.41) is 1.61. The van der Waals surface area contributed by atoms with Crippen LogP contribution in [0.15, 0.2) is 59.4 Å². The number of rotatable bonds is 3. The molecule has 3 aromatic rings. The molecule has 0 atom stereocenters. The van der Waals surface area contributed by atoms with E-state index in [1.165, 1.54) is 11.6 Å². The van der Waals surface area contributed by atoms with E-state index in [0.717, 1.165) is 35.6 Å². The number of amides is 1. The van der Waals surface area contributed by atoms with Crippen LogP contribution in [0.1, 0.15) is 15.9 Å². The Morgan fingerprint density at radius 1 is 0.963 bits per heavy atom. The van der Waals surface area contributed by atoms with Gasteiger partial charge in [0.15, 0.2) is 0 Å². The monoisotopic (exact) mass is 381 g/mol. The summed E-state index contributed by atoms with van der Waals surface area (Å²) in [6.45, 7) is 3.96. The smallest absolute Gasteiger partial charge is 0.253 e. The van der Waals surface area contributed by atoms with Crippen LogP contribution in [0.25, 0.3) is 10.9 Å². The Kier molecular flexibility index (Phi) is 4.97. The van der Waals surface area contributed by atoms with E-state index in [0.29, 0.717) is 18.7 Å². The number of fused-ring (bicyclic) bond motifs is 1. The van der Waals surface area contributed by atoms with Gasteiger partial charge in [-0.15, -0.1) is 0 Å². The molecule has 1 aromatic heterocycles. The van der Waals surface area contributed by atoms with E-state index in [9.17, 15) is 9.59 Å². The van der Waals surface area contributed by atoms with Gasteiger partial charge in [-0.1, -0.05) is 23.7 Å². The predicted molar refractivity (Wildman–Crippen MR) is 107 cm³/mol. The predicted octanol–water partition coefficient (Wildman–Crippen LogP) is 3.14. The Balaban J connectivity index is 1.40. The zero-order chi connectivity index (χ0) is 18.8. The minimum atomic E-state index is -0.140. The van der Waals surface area contributed by atoms with Crippen LogP contribution < -0.4 is 5.56 Å². The van der Waals surface area contributed by atoms with E-state index in [1.807, 2.05) is 35.2 Å². The summed E-state index contributed by atoms with van der Waals surface area (Å²) >= 11 is 5.94. The fraction of sp³-hybridized carbons (Fsp3) is 0.238. The number of nitrogens with zero attached hydrogens (tertiary/aromatic N) is 2. The number of H-pyrrole nitrogens is 1. The number of aromatic nitrogens is 1. The van der Waals surface area contributed by atoms with Crippen LogP contribution in [0.3, 0.4) is 0 Å². The summed E-state index contributed by atoms with van der Waals surface area (Å²) in [4.78, 5) is 31.2. The van der Waals surface area contributed by atoms with Crippen LogP contribution >= 0.6 is 11.6 Å². The van der Waals surface area contributed by atoms with Gasteiger partial charge < -0.3 is 9.88 Å². The highest BCUT2D eigenvalue weighted by Gasteiger charge is 2.22. The molecule has 0 aliphatic carbocycles. The van der Waals surface area contributed by atoms with Crippen molar-refractivity contribution >= 4 is 28.4 Å². The van der Waals surface area contributed by atoms with Crippen molar-refractivity contribution < 1.29 is 4.79 Å². The molecule has 2 aromatic carbocycles. The molecular weight excluding hydrogens is 362 g/mol. The molecule has 0 bridgehead atoms. The highest BCUT2D eigenvalue weighted by atomic mass is 35.5. The van der Waals surface area contributed by atoms with Gasteiger partial charge in [0.1, 0.15) is 0 Å². The summed E-state index contributed by atoms with van der Waals surface area (Å²) in [6, 6.07) is 16.5. The third kappa shape index (κ3) is 4.04. The lowest BCUT2D eigenvalue weighted by Gasteiger charge is -2.34. The van der Waals surface area contributed by atoms with Gasteiger partial charge in [0.05, 0.1) is 0 Å². The zero-order valence-corrected chi connectivity index (χ0v) is 15.6. The molecule has 0 spiro atoms. The summed E-state index contributed by atoms with van der Waals surface area (Å²) in [5.74, 6) is 0.0363. The van der Waals surface area contributed by atoms with Gasteiger partial charge in [-0.25, -0.2) is 0 Å². The standard InChI is InChI=1S/C21H20ClN3O2/c22-18-5-1-15(2-6-18)14-24-9-11-25(12-10-24)21(27)17-3-7-19-16(13-17)4-8-20(26)23-19/h1-8,13H,9-12,14H2,(H,23,26). The summed E-state index contributed by atoms with van der Waals surface area (Å²) in [6.07, 6.45) is 0. The van der Waals surface area contributed by atoms with Crippen molar-refractivity contribution in [3.63, 3.8) is 0 Å². The van der Waals surface area contributed by atoms with E-state index >= 15 is 0 Å². The first-order valence-electron chi connectivity index (χ1n) is 8.98. The fourth-order valence-electron chi connectivity index (χ4n) is 3.43. The topological polar surface area (TPSA) is 56.4 Å². The summed E-state index contributed by atoms with van der Waals surface area (Å²) < 4.78 is 0. The molecule has 1 N–H and O–H groups in total. The van der Waals surface area contributed by atoms with E-state index in [4.69, 9.17) is 11.6 Å². The molecule has 0 radical (unpaired) electrons. The van der Waals surface area contributed by atoms with Crippen molar-refractivity contribution in [2.75, 3.05) is 26.2 Å². The third-order valence-corrected chi connectivity index (χ3v) is 5.20. The van der Waals surface area contributed by atoms with E-state index < -0.39 is 0 Å². The second kappa shape index (κ2) is 7.55. The molecular formula is C21H20ClN3O2. The number of halogens is 1. The number of pyridine rings is 1. The first kappa shape index (κ1) is 17.8. The quantitative estimate of drug-likeness (QED) is 0.758. The maximum absolute atomic E-state index is 12.8. The number of hydrogen-bond donors (Lipinski definition) is 1. The van der Waals surface area contributed by atoms with Crippen LogP contribution in [0.2, 0.25) is 5.02 Å². The van der Waals surface area contributed by atoms with Gasteiger partial charge in [-0.05, 0) is 47.3 Å². The Bertz CT molecular complexity index is 1020. The molecule has 1 amide bonds. The van der Waals surface area contributed by atoms with Crippen molar-refractivity contribution in [3.05, 3.63) is 81.1 Å². The number of nitrogens with one attached hydrogen (secondary N) is 1.